The third kappa shape index (κ3) is 2.55. The van der Waals surface area contributed by atoms with Crippen LogP contribution in [0.5, 0.6) is 0 Å². The van der Waals surface area contributed by atoms with Gasteiger partial charge in [-0.25, -0.2) is 4.21 Å². The lowest BCUT2D eigenvalue weighted by Gasteiger charge is -2.15. The summed E-state index contributed by atoms with van der Waals surface area (Å²) in [6.07, 6.45) is 0. The molecule has 0 radical (unpaired) electrons. The Labute approximate surface area is 159 Å². The van der Waals surface area contributed by atoms with Gasteiger partial charge in [0, 0.05) is 10.8 Å². The van der Waals surface area contributed by atoms with Crippen LogP contribution in [0.1, 0.15) is 0 Å². The van der Waals surface area contributed by atoms with Crippen molar-refractivity contribution >= 4 is 43.4 Å². The molecule has 0 aromatic heterocycles. The van der Waals surface area contributed by atoms with Crippen LogP contribution in [-0.4, -0.2) is 8.76 Å². The zero-order valence-electron chi connectivity index (χ0n) is 14.4. The highest BCUT2D eigenvalue weighted by molar-refractivity contribution is 7.79. The van der Waals surface area contributed by atoms with Gasteiger partial charge in [0.15, 0.2) is 11.1 Å². The Morgan fingerprint density at radius 1 is 0.593 bits per heavy atom. The van der Waals surface area contributed by atoms with Crippen molar-refractivity contribution in [2.75, 3.05) is 0 Å². The van der Waals surface area contributed by atoms with Gasteiger partial charge in [0.05, 0.1) is 4.90 Å². The van der Waals surface area contributed by atoms with Gasteiger partial charge in [-0.1, -0.05) is 84.9 Å². The Morgan fingerprint density at radius 2 is 1.11 bits per heavy atom. The predicted molar refractivity (Wildman–Crippen MR) is 113 cm³/mol. The van der Waals surface area contributed by atoms with Gasteiger partial charge < -0.3 is 4.55 Å². The average molecular weight is 368 g/mol. The second-order valence-corrected chi connectivity index (χ2v) is 7.51. The molecule has 5 aromatic carbocycles. The van der Waals surface area contributed by atoms with Crippen LogP contribution >= 0.6 is 0 Å². The predicted octanol–water partition coefficient (Wildman–Crippen LogP) is 6.39. The molecule has 0 saturated carbocycles. The molecule has 0 fully saturated rings. The number of fused-ring (bicyclic) bond motifs is 3. The van der Waals surface area contributed by atoms with Crippen molar-refractivity contribution in [1.82, 2.24) is 0 Å². The van der Waals surface area contributed by atoms with Gasteiger partial charge in [0.1, 0.15) is 0 Å². The summed E-state index contributed by atoms with van der Waals surface area (Å²) < 4.78 is 22.2. The van der Waals surface area contributed by atoms with Crippen molar-refractivity contribution in [3.05, 3.63) is 91.0 Å². The SMILES string of the molecule is O=S(O)c1c2ccccc2c(-c2ccc3ccccc3c2)c2ccccc12. The number of rotatable bonds is 2. The largest absolute Gasteiger partial charge is 0.302 e. The fourth-order valence-electron chi connectivity index (χ4n) is 3.93. The zero-order valence-corrected chi connectivity index (χ0v) is 15.2. The van der Waals surface area contributed by atoms with Gasteiger partial charge in [0.2, 0.25) is 0 Å². The van der Waals surface area contributed by atoms with Crippen LogP contribution in [0, 0.1) is 0 Å². The van der Waals surface area contributed by atoms with Crippen LogP contribution in [0.3, 0.4) is 0 Å². The van der Waals surface area contributed by atoms with Crippen molar-refractivity contribution in [1.29, 1.82) is 0 Å². The van der Waals surface area contributed by atoms with Crippen molar-refractivity contribution < 1.29 is 8.76 Å². The van der Waals surface area contributed by atoms with E-state index in [-0.39, 0.29) is 0 Å². The summed E-state index contributed by atoms with van der Waals surface area (Å²) in [6.45, 7) is 0. The molecule has 0 aliphatic carbocycles. The van der Waals surface area contributed by atoms with Crippen molar-refractivity contribution in [3.63, 3.8) is 0 Å². The maximum atomic E-state index is 12.2. The highest BCUT2D eigenvalue weighted by Gasteiger charge is 2.17. The van der Waals surface area contributed by atoms with E-state index in [0.717, 1.165) is 32.7 Å². The molecule has 27 heavy (non-hydrogen) atoms. The van der Waals surface area contributed by atoms with Gasteiger partial charge in [-0.15, -0.1) is 0 Å². The number of hydrogen-bond acceptors (Lipinski definition) is 1. The molecule has 1 N–H and O–H groups in total. The highest BCUT2D eigenvalue weighted by atomic mass is 32.2. The Balaban J connectivity index is 1.98. The summed E-state index contributed by atoms with van der Waals surface area (Å²) >= 11 is -2.07. The molecular weight excluding hydrogens is 352 g/mol. The molecule has 0 spiro atoms. The van der Waals surface area contributed by atoms with E-state index in [1.54, 1.807) is 0 Å². The molecule has 1 atom stereocenters. The molecule has 3 heteroatoms. The zero-order chi connectivity index (χ0) is 18.4. The lowest BCUT2D eigenvalue weighted by atomic mass is 9.91. The molecule has 0 amide bonds. The lowest BCUT2D eigenvalue weighted by molar-refractivity contribution is 0.566. The highest BCUT2D eigenvalue weighted by Crippen LogP contribution is 2.40. The molecule has 130 valence electrons. The summed E-state index contributed by atoms with van der Waals surface area (Å²) in [5.41, 5.74) is 2.21. The second kappa shape index (κ2) is 6.31. The topological polar surface area (TPSA) is 37.3 Å². The minimum absolute atomic E-state index is 0.478. The summed E-state index contributed by atoms with van der Waals surface area (Å²) in [6, 6.07) is 30.5. The maximum Gasteiger partial charge on any atom is 0.187 e. The van der Waals surface area contributed by atoms with E-state index in [0.29, 0.717) is 4.90 Å². The molecule has 0 aliphatic rings. The Morgan fingerprint density at radius 3 is 1.70 bits per heavy atom. The minimum atomic E-state index is -2.07. The first-order chi connectivity index (χ1) is 13.2. The fraction of sp³-hybridized carbons (Fsp3) is 0. The van der Waals surface area contributed by atoms with Gasteiger partial charge >= 0.3 is 0 Å². The van der Waals surface area contributed by atoms with Crippen LogP contribution in [0.25, 0.3) is 43.4 Å². The Hall–Kier alpha value is -3.01. The first-order valence-corrected chi connectivity index (χ1v) is 9.88. The van der Waals surface area contributed by atoms with E-state index in [1.165, 1.54) is 10.8 Å². The molecule has 1 unspecified atom stereocenters. The Bertz CT molecular complexity index is 1300. The van der Waals surface area contributed by atoms with Crippen LogP contribution in [0.2, 0.25) is 0 Å². The van der Waals surface area contributed by atoms with E-state index >= 15 is 0 Å². The van der Waals surface area contributed by atoms with Crippen molar-refractivity contribution in [2.24, 2.45) is 0 Å². The van der Waals surface area contributed by atoms with Gasteiger partial charge in [-0.3, -0.25) is 0 Å². The van der Waals surface area contributed by atoms with Crippen LogP contribution < -0.4 is 0 Å². The van der Waals surface area contributed by atoms with E-state index in [9.17, 15) is 8.76 Å². The molecule has 0 saturated heterocycles. The minimum Gasteiger partial charge on any atom is -0.302 e. The third-order valence-electron chi connectivity index (χ3n) is 5.09. The van der Waals surface area contributed by atoms with Crippen LogP contribution in [0.15, 0.2) is 95.9 Å². The molecule has 0 bridgehead atoms. The monoisotopic (exact) mass is 368 g/mol. The summed E-state index contributed by atoms with van der Waals surface area (Å²) in [5.74, 6) is 0. The Kier molecular flexibility index (Phi) is 3.78. The van der Waals surface area contributed by atoms with Crippen LogP contribution in [0.4, 0.5) is 0 Å². The van der Waals surface area contributed by atoms with Crippen LogP contribution in [-0.2, 0) is 11.1 Å². The van der Waals surface area contributed by atoms with E-state index < -0.39 is 11.1 Å². The average Bonchev–Trinajstić information content (AvgIpc) is 2.71. The third-order valence-corrected chi connectivity index (χ3v) is 5.88. The smallest absolute Gasteiger partial charge is 0.187 e. The molecule has 5 rings (SSSR count). The first-order valence-electron chi connectivity index (χ1n) is 8.77. The van der Waals surface area contributed by atoms with E-state index in [4.69, 9.17) is 0 Å². The maximum absolute atomic E-state index is 12.2. The van der Waals surface area contributed by atoms with Crippen molar-refractivity contribution in [2.45, 2.75) is 4.90 Å². The second-order valence-electron chi connectivity index (χ2n) is 6.61. The fourth-order valence-corrected chi connectivity index (χ4v) is 4.66. The first kappa shape index (κ1) is 16.2. The molecule has 5 aromatic rings. The normalized spacial score (nSPS) is 12.6. The summed E-state index contributed by atoms with van der Waals surface area (Å²) in [5, 5.41) is 5.99. The van der Waals surface area contributed by atoms with Gasteiger partial charge in [-0.05, 0) is 38.7 Å². The quantitative estimate of drug-likeness (QED) is 0.289. The molecule has 2 nitrogen and oxygen atoms in total. The molecular formula is C24H16O2S. The van der Waals surface area contributed by atoms with Crippen molar-refractivity contribution in [3.8, 4) is 11.1 Å². The lowest BCUT2D eigenvalue weighted by Crippen LogP contribution is -1.95. The molecule has 0 aliphatic heterocycles. The van der Waals surface area contributed by atoms with E-state index in [2.05, 4.69) is 30.3 Å². The summed E-state index contributed by atoms with van der Waals surface area (Å²) in [4.78, 5) is 0.478. The van der Waals surface area contributed by atoms with Gasteiger partial charge in [0.25, 0.3) is 0 Å². The number of hydrogen-bond donors (Lipinski definition) is 1. The summed E-state index contributed by atoms with van der Waals surface area (Å²) in [7, 11) is 0. The number of benzene rings is 5. The standard InChI is InChI=1S/C24H16O2S/c25-27(26)24-21-11-5-3-9-19(21)23(20-10-4-6-12-22(20)24)18-14-13-16-7-1-2-8-17(16)15-18/h1-15H,(H,25,26). The molecule has 0 heterocycles. The van der Waals surface area contributed by atoms with E-state index in [1.807, 2.05) is 60.7 Å². The van der Waals surface area contributed by atoms with Gasteiger partial charge in [-0.2, -0.15) is 0 Å².